The van der Waals surface area contributed by atoms with E-state index in [1.165, 1.54) is 7.05 Å². The molecule has 0 aromatic heterocycles. The number of nitrogens with zero attached hydrogens (tertiary/aromatic N) is 1. The summed E-state index contributed by atoms with van der Waals surface area (Å²) in [5, 5.41) is 7.77. The molecule has 1 saturated heterocycles. The number of carbonyl (C=O) groups is 3. The van der Waals surface area contributed by atoms with Gasteiger partial charge in [-0.3, -0.25) is 19.8 Å². The Kier molecular flexibility index (Phi) is 6.40. The average molecular weight is 285 g/mol. The van der Waals surface area contributed by atoms with Crippen molar-refractivity contribution in [1.29, 1.82) is 0 Å². The molecule has 1 aliphatic heterocycles. The number of hydrogen-bond acceptors (Lipinski definition) is 5. The highest BCUT2D eigenvalue weighted by molar-refractivity contribution is 5.96. The molecule has 1 aliphatic rings. The Morgan fingerprint density at radius 3 is 2.45 bits per heavy atom. The van der Waals surface area contributed by atoms with Crippen molar-refractivity contribution >= 4 is 17.8 Å². The van der Waals surface area contributed by atoms with Crippen LogP contribution in [0.1, 0.15) is 19.8 Å². The van der Waals surface area contributed by atoms with Crippen molar-refractivity contribution in [1.82, 2.24) is 20.9 Å². The molecule has 0 saturated carbocycles. The van der Waals surface area contributed by atoms with E-state index >= 15 is 0 Å². The van der Waals surface area contributed by atoms with Gasteiger partial charge in [0.2, 0.25) is 11.8 Å². The molecule has 4 amide bonds. The third-order valence-electron chi connectivity index (χ3n) is 3.46. The van der Waals surface area contributed by atoms with Gasteiger partial charge in [0.1, 0.15) is 0 Å². The quantitative estimate of drug-likeness (QED) is 0.484. The highest BCUT2D eigenvalue weighted by atomic mass is 16.2. The topological polar surface area (TPSA) is 117 Å². The lowest BCUT2D eigenvalue weighted by Gasteiger charge is -2.37. The number of hydrogen-bond donors (Lipinski definition) is 4. The molecule has 1 fully saturated rings. The molecule has 0 bridgehead atoms. The summed E-state index contributed by atoms with van der Waals surface area (Å²) >= 11 is 0. The number of urea groups is 1. The third-order valence-corrected chi connectivity index (χ3v) is 3.46. The first-order chi connectivity index (χ1) is 9.45. The minimum atomic E-state index is -0.595. The SMILES string of the molecule is CNC(=O)NC(=O)C(C)N(CC(N)=O)C1CCNCC1. The maximum absolute atomic E-state index is 12.0. The second kappa shape index (κ2) is 7.81. The highest BCUT2D eigenvalue weighted by Gasteiger charge is 2.30. The number of carbonyl (C=O) groups excluding carboxylic acids is 3. The van der Waals surface area contributed by atoms with Crippen molar-refractivity contribution in [2.75, 3.05) is 26.7 Å². The minimum Gasteiger partial charge on any atom is -0.369 e. The highest BCUT2D eigenvalue weighted by Crippen LogP contribution is 2.15. The van der Waals surface area contributed by atoms with Crippen molar-refractivity contribution in [3.8, 4) is 0 Å². The zero-order valence-corrected chi connectivity index (χ0v) is 11.9. The first kappa shape index (κ1) is 16.4. The number of amides is 4. The molecule has 5 N–H and O–H groups in total. The second-order valence-electron chi connectivity index (χ2n) is 4.86. The molecule has 1 heterocycles. The zero-order valence-electron chi connectivity index (χ0n) is 11.9. The van der Waals surface area contributed by atoms with Crippen LogP contribution >= 0.6 is 0 Å². The molecule has 8 nitrogen and oxygen atoms in total. The van der Waals surface area contributed by atoms with Crippen molar-refractivity contribution in [3.05, 3.63) is 0 Å². The Morgan fingerprint density at radius 1 is 1.35 bits per heavy atom. The number of piperidine rings is 1. The first-order valence-electron chi connectivity index (χ1n) is 6.73. The van der Waals surface area contributed by atoms with Gasteiger partial charge < -0.3 is 16.4 Å². The maximum atomic E-state index is 12.0. The van der Waals surface area contributed by atoms with Crippen LogP contribution < -0.4 is 21.7 Å². The summed E-state index contributed by atoms with van der Waals surface area (Å²) in [7, 11) is 1.43. The van der Waals surface area contributed by atoms with Gasteiger partial charge >= 0.3 is 6.03 Å². The number of nitrogens with one attached hydrogen (secondary N) is 3. The van der Waals surface area contributed by atoms with Crippen LogP contribution in [0.2, 0.25) is 0 Å². The Balaban J connectivity index is 2.72. The van der Waals surface area contributed by atoms with E-state index in [4.69, 9.17) is 5.73 Å². The van der Waals surface area contributed by atoms with E-state index in [2.05, 4.69) is 16.0 Å². The first-order valence-corrected chi connectivity index (χ1v) is 6.73. The van der Waals surface area contributed by atoms with E-state index in [9.17, 15) is 14.4 Å². The molecule has 20 heavy (non-hydrogen) atoms. The molecule has 114 valence electrons. The predicted octanol–water partition coefficient (Wildman–Crippen LogP) is -1.63. The molecular weight excluding hydrogens is 262 g/mol. The van der Waals surface area contributed by atoms with Crippen LogP contribution in [0.4, 0.5) is 4.79 Å². The van der Waals surface area contributed by atoms with Crippen molar-refractivity contribution in [2.24, 2.45) is 5.73 Å². The molecule has 0 aromatic rings. The second-order valence-corrected chi connectivity index (χ2v) is 4.86. The largest absolute Gasteiger partial charge is 0.369 e. The van der Waals surface area contributed by atoms with Gasteiger partial charge in [-0.2, -0.15) is 0 Å². The number of primary amides is 1. The molecular formula is C12H23N5O3. The monoisotopic (exact) mass is 285 g/mol. The normalized spacial score (nSPS) is 17.6. The Morgan fingerprint density at radius 2 is 1.95 bits per heavy atom. The van der Waals surface area contributed by atoms with Gasteiger partial charge in [-0.15, -0.1) is 0 Å². The standard InChI is InChI=1S/C12H23N5O3/c1-8(11(19)16-12(20)14-2)17(7-10(13)18)9-3-5-15-6-4-9/h8-9,15H,3-7H2,1-2H3,(H2,13,18)(H2,14,16,19,20). The van der Waals surface area contributed by atoms with Crippen LogP contribution in [0.5, 0.6) is 0 Å². The van der Waals surface area contributed by atoms with Crippen molar-refractivity contribution in [2.45, 2.75) is 31.8 Å². The number of rotatable bonds is 5. The molecule has 1 rings (SSSR count). The van der Waals surface area contributed by atoms with Gasteiger partial charge in [0, 0.05) is 13.1 Å². The van der Waals surface area contributed by atoms with E-state index in [1.807, 2.05) is 0 Å². The average Bonchev–Trinajstić information content (AvgIpc) is 2.44. The molecule has 0 spiro atoms. The molecule has 1 atom stereocenters. The summed E-state index contributed by atoms with van der Waals surface area (Å²) in [6.07, 6.45) is 1.68. The lowest BCUT2D eigenvalue weighted by Crippen LogP contribution is -2.56. The van der Waals surface area contributed by atoms with Crippen molar-refractivity contribution in [3.63, 3.8) is 0 Å². The molecule has 0 aromatic carbocycles. The molecule has 0 radical (unpaired) electrons. The smallest absolute Gasteiger partial charge is 0.321 e. The maximum Gasteiger partial charge on any atom is 0.321 e. The van der Waals surface area contributed by atoms with Crippen LogP contribution in [0.25, 0.3) is 0 Å². The lowest BCUT2D eigenvalue weighted by molar-refractivity contribution is -0.128. The van der Waals surface area contributed by atoms with Crippen LogP contribution in [0, 0.1) is 0 Å². The zero-order chi connectivity index (χ0) is 15.1. The van der Waals surface area contributed by atoms with E-state index in [0.29, 0.717) is 0 Å². The Hall–Kier alpha value is -1.67. The van der Waals surface area contributed by atoms with Gasteiger partial charge in [-0.25, -0.2) is 4.79 Å². The van der Waals surface area contributed by atoms with E-state index in [-0.39, 0.29) is 12.6 Å². The van der Waals surface area contributed by atoms with Gasteiger partial charge in [0.15, 0.2) is 0 Å². The lowest BCUT2D eigenvalue weighted by atomic mass is 10.0. The number of nitrogens with two attached hydrogens (primary N) is 1. The predicted molar refractivity (Wildman–Crippen MR) is 73.9 cm³/mol. The fraction of sp³-hybridized carbons (Fsp3) is 0.750. The van der Waals surface area contributed by atoms with Crippen LogP contribution in [0.3, 0.4) is 0 Å². The summed E-state index contributed by atoms with van der Waals surface area (Å²) < 4.78 is 0. The summed E-state index contributed by atoms with van der Waals surface area (Å²) in [4.78, 5) is 36.2. The summed E-state index contributed by atoms with van der Waals surface area (Å²) in [5.41, 5.74) is 5.26. The minimum absolute atomic E-state index is 0.00694. The Labute approximate surface area is 118 Å². The molecule has 8 heteroatoms. The van der Waals surface area contributed by atoms with Gasteiger partial charge in [-0.1, -0.05) is 0 Å². The molecule has 0 aliphatic carbocycles. The van der Waals surface area contributed by atoms with E-state index in [1.54, 1.807) is 11.8 Å². The van der Waals surface area contributed by atoms with E-state index < -0.39 is 23.9 Å². The fourth-order valence-corrected chi connectivity index (χ4v) is 2.33. The number of imide groups is 1. The molecule has 1 unspecified atom stereocenters. The fourth-order valence-electron chi connectivity index (χ4n) is 2.33. The van der Waals surface area contributed by atoms with Crippen LogP contribution in [0.15, 0.2) is 0 Å². The van der Waals surface area contributed by atoms with E-state index in [0.717, 1.165) is 25.9 Å². The van der Waals surface area contributed by atoms with Gasteiger partial charge in [-0.05, 0) is 32.9 Å². The summed E-state index contributed by atoms with van der Waals surface area (Å²) in [6.45, 7) is 3.35. The summed E-state index contributed by atoms with van der Waals surface area (Å²) in [5.74, 6) is -0.924. The van der Waals surface area contributed by atoms with Gasteiger partial charge in [0.25, 0.3) is 0 Å². The van der Waals surface area contributed by atoms with Crippen LogP contribution in [-0.2, 0) is 9.59 Å². The van der Waals surface area contributed by atoms with Crippen LogP contribution in [-0.4, -0.2) is 61.5 Å². The van der Waals surface area contributed by atoms with Gasteiger partial charge in [0.05, 0.1) is 12.6 Å². The third kappa shape index (κ3) is 4.78. The Bertz CT molecular complexity index is 368. The van der Waals surface area contributed by atoms with Crippen molar-refractivity contribution < 1.29 is 14.4 Å². The summed E-state index contributed by atoms with van der Waals surface area (Å²) in [6, 6.07) is -1.05.